The molecule has 1 aliphatic heterocycles. The molecule has 2 atom stereocenters. The van der Waals surface area contributed by atoms with E-state index in [1.807, 2.05) is 12.3 Å². The summed E-state index contributed by atoms with van der Waals surface area (Å²) in [5, 5.41) is 3.09. The lowest BCUT2D eigenvalue weighted by molar-refractivity contribution is 0.368. The molecule has 1 aromatic rings. The highest BCUT2D eigenvalue weighted by Gasteiger charge is 2.33. The zero-order chi connectivity index (χ0) is 12.5. The largest absolute Gasteiger partial charge is 0.330 e. The van der Waals surface area contributed by atoms with E-state index in [9.17, 15) is 8.42 Å². The number of sulfone groups is 1. The number of nitrogens with two attached hydrogens (primary N) is 1. The predicted octanol–water partition coefficient (Wildman–Crippen LogP) is 1.00. The average molecular weight is 274 g/mol. The van der Waals surface area contributed by atoms with Crippen LogP contribution in [0.1, 0.15) is 17.1 Å². The minimum atomic E-state index is -2.81. The van der Waals surface area contributed by atoms with E-state index in [-0.39, 0.29) is 11.8 Å². The van der Waals surface area contributed by atoms with Crippen LogP contribution in [0.15, 0.2) is 5.38 Å². The van der Waals surface area contributed by atoms with Crippen molar-refractivity contribution in [2.45, 2.75) is 19.8 Å². The Kier molecular flexibility index (Phi) is 3.85. The standard InChI is InChI=1S/C11H18N2O2S2/c1-8-13-11(6-16-8)4-10(5-12)9-2-3-17(14,15)7-9/h6,9-10H,2-5,7,12H2,1H3. The number of aromatic nitrogens is 1. The van der Waals surface area contributed by atoms with Gasteiger partial charge in [-0.1, -0.05) is 0 Å². The lowest BCUT2D eigenvalue weighted by Crippen LogP contribution is -2.26. The van der Waals surface area contributed by atoms with Gasteiger partial charge in [0.05, 0.1) is 22.2 Å². The highest BCUT2D eigenvalue weighted by Crippen LogP contribution is 2.28. The summed E-state index contributed by atoms with van der Waals surface area (Å²) >= 11 is 1.63. The fourth-order valence-corrected chi connectivity index (χ4v) is 4.95. The highest BCUT2D eigenvalue weighted by molar-refractivity contribution is 7.91. The first-order valence-electron chi connectivity index (χ1n) is 5.81. The molecule has 0 radical (unpaired) electrons. The smallest absolute Gasteiger partial charge is 0.150 e. The normalized spacial score (nSPS) is 24.9. The Labute approximate surface area is 106 Å². The first kappa shape index (κ1) is 13.0. The monoisotopic (exact) mass is 274 g/mol. The molecular formula is C11H18N2O2S2. The number of thiazole rings is 1. The van der Waals surface area contributed by atoms with Gasteiger partial charge in [-0.05, 0) is 38.1 Å². The van der Waals surface area contributed by atoms with E-state index in [1.54, 1.807) is 11.3 Å². The second-order valence-corrected chi connectivity index (χ2v) is 8.01. The molecule has 1 aliphatic rings. The molecule has 2 rings (SSSR count). The molecule has 17 heavy (non-hydrogen) atoms. The fraction of sp³-hybridized carbons (Fsp3) is 0.727. The summed E-state index contributed by atoms with van der Waals surface area (Å²) < 4.78 is 22.9. The van der Waals surface area contributed by atoms with Crippen LogP contribution in [0.5, 0.6) is 0 Å². The molecule has 2 N–H and O–H groups in total. The van der Waals surface area contributed by atoms with Crippen LogP contribution in [0.25, 0.3) is 0 Å². The van der Waals surface area contributed by atoms with Crippen molar-refractivity contribution in [3.05, 3.63) is 16.1 Å². The third-order valence-electron chi connectivity index (χ3n) is 3.37. The molecule has 0 aliphatic carbocycles. The van der Waals surface area contributed by atoms with Crippen molar-refractivity contribution in [1.82, 2.24) is 4.98 Å². The van der Waals surface area contributed by atoms with Gasteiger partial charge in [-0.25, -0.2) is 13.4 Å². The average Bonchev–Trinajstić information content (AvgIpc) is 2.81. The summed E-state index contributed by atoms with van der Waals surface area (Å²) in [6.45, 7) is 2.52. The third kappa shape index (κ3) is 3.26. The Bertz CT molecular complexity index is 481. The van der Waals surface area contributed by atoms with Crippen LogP contribution in [0.4, 0.5) is 0 Å². The Morgan fingerprint density at radius 2 is 2.41 bits per heavy atom. The first-order valence-corrected chi connectivity index (χ1v) is 8.52. The lowest BCUT2D eigenvalue weighted by atomic mass is 9.88. The van der Waals surface area contributed by atoms with Gasteiger partial charge in [0, 0.05) is 5.38 Å². The van der Waals surface area contributed by atoms with Crippen molar-refractivity contribution in [3.8, 4) is 0 Å². The van der Waals surface area contributed by atoms with E-state index in [4.69, 9.17) is 5.73 Å². The summed E-state index contributed by atoms with van der Waals surface area (Å²) in [6, 6.07) is 0. The summed E-state index contributed by atoms with van der Waals surface area (Å²) in [5.41, 5.74) is 6.82. The van der Waals surface area contributed by atoms with Gasteiger partial charge in [0.1, 0.15) is 0 Å². The van der Waals surface area contributed by atoms with Crippen molar-refractivity contribution in [3.63, 3.8) is 0 Å². The van der Waals surface area contributed by atoms with Gasteiger partial charge in [-0.15, -0.1) is 11.3 Å². The Morgan fingerprint density at radius 3 is 2.88 bits per heavy atom. The summed E-state index contributed by atoms with van der Waals surface area (Å²) in [6.07, 6.45) is 1.56. The third-order valence-corrected chi connectivity index (χ3v) is 5.99. The number of hydrogen-bond acceptors (Lipinski definition) is 5. The van der Waals surface area contributed by atoms with Crippen molar-refractivity contribution >= 4 is 21.2 Å². The molecule has 2 heterocycles. The second-order valence-electron chi connectivity index (χ2n) is 4.72. The molecule has 1 aromatic heterocycles. The van der Waals surface area contributed by atoms with Gasteiger partial charge in [0.25, 0.3) is 0 Å². The van der Waals surface area contributed by atoms with E-state index in [0.29, 0.717) is 18.1 Å². The van der Waals surface area contributed by atoms with Crippen LogP contribution in [0.2, 0.25) is 0 Å². The number of rotatable bonds is 4. The van der Waals surface area contributed by atoms with Gasteiger partial charge in [0.2, 0.25) is 0 Å². The molecule has 4 nitrogen and oxygen atoms in total. The molecule has 0 aromatic carbocycles. The van der Waals surface area contributed by atoms with Crippen LogP contribution in [0.3, 0.4) is 0 Å². The Morgan fingerprint density at radius 1 is 1.65 bits per heavy atom. The van der Waals surface area contributed by atoms with Crippen molar-refractivity contribution in [2.24, 2.45) is 17.6 Å². The summed E-state index contributed by atoms with van der Waals surface area (Å²) in [4.78, 5) is 4.42. The number of hydrogen-bond donors (Lipinski definition) is 1. The van der Waals surface area contributed by atoms with Gasteiger partial charge in [0.15, 0.2) is 9.84 Å². The maximum atomic E-state index is 11.5. The molecular weight excluding hydrogens is 256 g/mol. The van der Waals surface area contributed by atoms with Crippen LogP contribution >= 0.6 is 11.3 Å². The molecule has 6 heteroatoms. The van der Waals surface area contributed by atoms with Gasteiger partial charge in [-0.3, -0.25) is 0 Å². The van der Waals surface area contributed by atoms with Crippen molar-refractivity contribution in [2.75, 3.05) is 18.1 Å². The Balaban J connectivity index is 2.02. The van der Waals surface area contributed by atoms with Crippen molar-refractivity contribution < 1.29 is 8.42 Å². The van der Waals surface area contributed by atoms with Crippen LogP contribution in [0, 0.1) is 18.8 Å². The molecule has 1 saturated heterocycles. The lowest BCUT2D eigenvalue weighted by Gasteiger charge is -2.19. The zero-order valence-electron chi connectivity index (χ0n) is 9.93. The Hall–Kier alpha value is -0.460. The van der Waals surface area contributed by atoms with Gasteiger partial charge in [-0.2, -0.15) is 0 Å². The molecule has 2 unspecified atom stereocenters. The summed E-state index contributed by atoms with van der Waals surface area (Å²) in [5.74, 6) is 1.09. The SMILES string of the molecule is Cc1nc(CC(CN)C2CCS(=O)(=O)C2)cs1. The van der Waals surface area contributed by atoms with E-state index >= 15 is 0 Å². The van der Waals surface area contributed by atoms with E-state index in [2.05, 4.69) is 4.98 Å². The first-order chi connectivity index (χ1) is 8.00. The van der Waals surface area contributed by atoms with Gasteiger partial charge < -0.3 is 5.73 Å². The molecule has 0 spiro atoms. The van der Waals surface area contributed by atoms with E-state index in [0.717, 1.165) is 23.5 Å². The molecule has 0 saturated carbocycles. The van der Waals surface area contributed by atoms with Gasteiger partial charge >= 0.3 is 0 Å². The minimum Gasteiger partial charge on any atom is -0.330 e. The van der Waals surface area contributed by atoms with Crippen LogP contribution in [-0.4, -0.2) is 31.5 Å². The number of aryl methyl sites for hydroxylation is 1. The van der Waals surface area contributed by atoms with E-state index < -0.39 is 9.84 Å². The maximum absolute atomic E-state index is 11.5. The summed E-state index contributed by atoms with van der Waals surface area (Å²) in [7, 11) is -2.81. The van der Waals surface area contributed by atoms with Crippen molar-refractivity contribution in [1.29, 1.82) is 0 Å². The fourth-order valence-electron chi connectivity index (χ4n) is 2.41. The van der Waals surface area contributed by atoms with Crippen LogP contribution < -0.4 is 5.73 Å². The highest BCUT2D eigenvalue weighted by atomic mass is 32.2. The second kappa shape index (κ2) is 5.04. The molecule has 1 fully saturated rings. The quantitative estimate of drug-likeness (QED) is 0.889. The number of nitrogens with zero attached hydrogens (tertiary/aromatic N) is 1. The topological polar surface area (TPSA) is 73.0 Å². The predicted molar refractivity (Wildman–Crippen MR) is 69.9 cm³/mol. The maximum Gasteiger partial charge on any atom is 0.150 e. The molecule has 96 valence electrons. The zero-order valence-corrected chi connectivity index (χ0v) is 11.6. The van der Waals surface area contributed by atoms with E-state index in [1.165, 1.54) is 0 Å². The molecule has 0 amide bonds. The minimum absolute atomic E-state index is 0.215. The van der Waals surface area contributed by atoms with Crippen LogP contribution in [-0.2, 0) is 16.3 Å². The molecule has 0 bridgehead atoms.